The molecule has 3 aromatic carbocycles. The van der Waals surface area contributed by atoms with E-state index >= 15 is 0 Å². The van der Waals surface area contributed by atoms with E-state index in [2.05, 4.69) is 26.6 Å². The zero-order valence-electron chi connectivity index (χ0n) is 30.0. The molecule has 5 amide bonds. The number of carbonyl (C=O) groups excluding carboxylic acids is 5. The number of amides is 5. The number of nitrogens with one attached hydrogen (secondary N) is 5. The summed E-state index contributed by atoms with van der Waals surface area (Å²) in [7, 11) is 0. The Labute approximate surface area is 321 Å². The van der Waals surface area contributed by atoms with Crippen molar-refractivity contribution in [3.05, 3.63) is 112 Å². The highest BCUT2D eigenvalue weighted by atomic mass is 32.1. The maximum absolute atomic E-state index is 14.1. The number of thiophene rings is 1. The van der Waals surface area contributed by atoms with Crippen molar-refractivity contribution in [2.45, 2.75) is 69.6 Å². The average Bonchev–Trinajstić information content (AvgIpc) is 3.70. The Morgan fingerprint density at radius 1 is 0.636 bits per heavy atom. The van der Waals surface area contributed by atoms with Crippen molar-refractivity contribution in [1.82, 2.24) is 21.3 Å². The Morgan fingerprint density at radius 3 is 1.75 bits per heavy atom. The van der Waals surface area contributed by atoms with Crippen molar-refractivity contribution in [1.29, 1.82) is 0 Å². The van der Waals surface area contributed by atoms with E-state index in [4.69, 9.17) is 0 Å². The second-order valence-corrected chi connectivity index (χ2v) is 13.7. The van der Waals surface area contributed by atoms with E-state index in [9.17, 15) is 43.8 Å². The molecule has 0 saturated heterocycles. The molecule has 14 nitrogen and oxygen atoms in total. The van der Waals surface area contributed by atoms with E-state index in [0.717, 1.165) is 16.0 Å². The number of carboxylic acids is 2. The summed E-state index contributed by atoms with van der Waals surface area (Å²) in [5.74, 6) is -5.42. The number of rotatable bonds is 21. The van der Waals surface area contributed by atoms with Gasteiger partial charge in [0.1, 0.15) is 24.2 Å². The van der Waals surface area contributed by atoms with E-state index < -0.39 is 60.2 Å². The van der Waals surface area contributed by atoms with Crippen LogP contribution in [0.1, 0.15) is 42.2 Å². The van der Waals surface area contributed by atoms with Crippen LogP contribution in [0.25, 0.3) is 11.1 Å². The number of carboxylic acid groups (broad SMARTS) is 2. The molecule has 4 atom stereocenters. The number of benzene rings is 3. The van der Waals surface area contributed by atoms with E-state index in [-0.39, 0.29) is 38.0 Å². The van der Waals surface area contributed by atoms with Crippen molar-refractivity contribution in [2.24, 2.45) is 0 Å². The predicted octanol–water partition coefficient (Wildman–Crippen LogP) is 3.31. The lowest BCUT2D eigenvalue weighted by atomic mass is 9.99. The van der Waals surface area contributed by atoms with Gasteiger partial charge in [-0.2, -0.15) is 0 Å². The minimum Gasteiger partial charge on any atom is -0.481 e. The van der Waals surface area contributed by atoms with Crippen LogP contribution in [-0.4, -0.2) is 76.4 Å². The van der Waals surface area contributed by atoms with Gasteiger partial charge in [-0.25, -0.2) is 4.79 Å². The highest BCUT2D eigenvalue weighted by Crippen LogP contribution is 2.20. The Bertz CT molecular complexity index is 1920. The Balaban J connectivity index is 1.58. The smallest absolute Gasteiger partial charge is 0.326 e. The monoisotopic (exact) mass is 769 g/mol. The lowest BCUT2D eigenvalue weighted by molar-refractivity contribution is -0.143. The van der Waals surface area contributed by atoms with Crippen LogP contribution in [0.5, 0.6) is 0 Å². The van der Waals surface area contributed by atoms with Gasteiger partial charge in [0, 0.05) is 42.7 Å². The van der Waals surface area contributed by atoms with Gasteiger partial charge in [0.25, 0.3) is 0 Å². The molecule has 0 unspecified atom stereocenters. The van der Waals surface area contributed by atoms with Gasteiger partial charge in [-0.05, 0) is 52.3 Å². The fraction of sp³-hybridized carbons (Fsp3) is 0.275. The van der Waals surface area contributed by atoms with Crippen LogP contribution >= 0.6 is 11.3 Å². The first kappa shape index (κ1) is 41.4. The molecule has 288 valence electrons. The molecule has 0 aliphatic heterocycles. The first-order valence-corrected chi connectivity index (χ1v) is 18.4. The fourth-order valence-electron chi connectivity index (χ4n) is 5.64. The van der Waals surface area contributed by atoms with Gasteiger partial charge < -0.3 is 36.8 Å². The molecule has 4 aromatic rings. The SMILES string of the molecule is CCC(=O)N[C@H](Cc1cccs1)C(=O)N[C@@H](Cc1ccc(-c2ccccc2)cc1)C(=O)N[C@H](CCC(=O)O)C(=O)N[C@@H](Cc1ccc(NC=O)cc1)C(=O)O. The number of carbonyl (C=O) groups is 7. The predicted molar refractivity (Wildman–Crippen MR) is 206 cm³/mol. The number of aliphatic carboxylic acids is 2. The molecule has 0 saturated carbocycles. The molecule has 15 heteroatoms. The molecule has 0 fully saturated rings. The van der Waals surface area contributed by atoms with Gasteiger partial charge >= 0.3 is 11.9 Å². The van der Waals surface area contributed by atoms with Crippen molar-refractivity contribution >= 4 is 59.0 Å². The maximum Gasteiger partial charge on any atom is 0.326 e. The maximum atomic E-state index is 14.1. The van der Waals surface area contributed by atoms with E-state index in [1.807, 2.05) is 60.0 Å². The average molecular weight is 770 g/mol. The second kappa shape index (κ2) is 20.8. The van der Waals surface area contributed by atoms with Crippen LogP contribution in [0.4, 0.5) is 5.69 Å². The molecule has 4 rings (SSSR count). The van der Waals surface area contributed by atoms with Crippen LogP contribution in [0.3, 0.4) is 0 Å². The third-order valence-corrected chi connectivity index (χ3v) is 9.50. The molecule has 0 aliphatic rings. The van der Waals surface area contributed by atoms with Crippen LogP contribution < -0.4 is 26.6 Å². The van der Waals surface area contributed by atoms with Gasteiger partial charge in [-0.15, -0.1) is 11.3 Å². The van der Waals surface area contributed by atoms with Gasteiger partial charge in [-0.1, -0.05) is 79.7 Å². The second-order valence-electron chi connectivity index (χ2n) is 12.6. The van der Waals surface area contributed by atoms with Crippen molar-refractivity contribution in [2.75, 3.05) is 5.32 Å². The fourth-order valence-corrected chi connectivity index (χ4v) is 6.39. The quantitative estimate of drug-likeness (QED) is 0.0618. The molecule has 0 spiro atoms. The molecule has 1 heterocycles. The summed E-state index contributed by atoms with van der Waals surface area (Å²) in [4.78, 5) is 89.2. The summed E-state index contributed by atoms with van der Waals surface area (Å²) in [5.41, 5.74) is 3.53. The first-order chi connectivity index (χ1) is 26.4. The lowest BCUT2D eigenvalue weighted by Gasteiger charge is -2.26. The highest BCUT2D eigenvalue weighted by Gasteiger charge is 2.32. The third kappa shape index (κ3) is 13.2. The molecule has 0 radical (unpaired) electrons. The van der Waals surface area contributed by atoms with Gasteiger partial charge in [0.05, 0.1) is 0 Å². The van der Waals surface area contributed by atoms with Crippen LogP contribution in [0, 0.1) is 0 Å². The zero-order valence-corrected chi connectivity index (χ0v) is 30.8. The van der Waals surface area contributed by atoms with E-state index in [1.54, 1.807) is 43.3 Å². The normalized spacial score (nSPS) is 12.9. The van der Waals surface area contributed by atoms with E-state index in [1.165, 1.54) is 11.3 Å². The Morgan fingerprint density at radius 2 is 1.18 bits per heavy atom. The lowest BCUT2D eigenvalue weighted by Crippen LogP contribution is -2.58. The molecule has 0 aliphatic carbocycles. The standard InChI is InChI=1S/C40H43N5O9S/c1-2-35(47)42-33(23-30-9-6-20-55-30)39(52)44-32(21-25-10-14-28(15-11-25)27-7-4-3-5-8-27)38(51)43-31(18-19-36(48)49)37(50)45-34(40(53)54)22-26-12-16-29(17-13-26)41-24-46/h3-17,20,24,31-34H,2,18-19,21-23H2,1H3,(H,41,46)(H,42,47)(H,43,51)(H,44,52)(H,45,50)(H,48,49)(H,53,54)/t31-,32+,33-,34+/m1/s1. The summed E-state index contributed by atoms with van der Waals surface area (Å²) < 4.78 is 0. The third-order valence-electron chi connectivity index (χ3n) is 8.61. The minimum atomic E-state index is -1.49. The molecule has 7 N–H and O–H groups in total. The van der Waals surface area contributed by atoms with Gasteiger partial charge in [0.15, 0.2) is 0 Å². The van der Waals surface area contributed by atoms with Crippen LogP contribution in [0.2, 0.25) is 0 Å². The Kier molecular flexibility index (Phi) is 15.6. The summed E-state index contributed by atoms with van der Waals surface area (Å²) in [6, 6.07) is 21.5. The van der Waals surface area contributed by atoms with Gasteiger partial charge in [0.2, 0.25) is 30.0 Å². The summed E-state index contributed by atoms with van der Waals surface area (Å²) >= 11 is 1.40. The molecule has 55 heavy (non-hydrogen) atoms. The number of hydrogen-bond acceptors (Lipinski definition) is 8. The van der Waals surface area contributed by atoms with Crippen LogP contribution in [-0.2, 0) is 52.8 Å². The van der Waals surface area contributed by atoms with Gasteiger partial charge in [-0.3, -0.25) is 28.8 Å². The highest BCUT2D eigenvalue weighted by molar-refractivity contribution is 7.09. The summed E-state index contributed by atoms with van der Waals surface area (Å²) in [5, 5.41) is 34.1. The van der Waals surface area contributed by atoms with E-state index in [0.29, 0.717) is 23.2 Å². The van der Waals surface area contributed by atoms with Crippen molar-refractivity contribution in [3.63, 3.8) is 0 Å². The van der Waals surface area contributed by atoms with Crippen molar-refractivity contribution in [3.8, 4) is 11.1 Å². The topological polar surface area (TPSA) is 220 Å². The zero-order chi connectivity index (χ0) is 39.7. The molecular formula is C40H43N5O9S. The number of hydrogen-bond donors (Lipinski definition) is 7. The summed E-state index contributed by atoms with van der Waals surface area (Å²) in [6.07, 6.45) is -0.351. The summed E-state index contributed by atoms with van der Waals surface area (Å²) in [6.45, 7) is 1.64. The first-order valence-electron chi connectivity index (χ1n) is 17.6. The number of anilines is 1. The van der Waals surface area contributed by atoms with Crippen LogP contribution in [0.15, 0.2) is 96.4 Å². The largest absolute Gasteiger partial charge is 0.481 e. The minimum absolute atomic E-state index is 0.0416. The molecule has 0 bridgehead atoms. The molecule has 1 aromatic heterocycles. The Hall–Kier alpha value is -6.35. The molecular weight excluding hydrogens is 727 g/mol. The van der Waals surface area contributed by atoms with Crippen molar-refractivity contribution < 1.29 is 43.8 Å².